The summed E-state index contributed by atoms with van der Waals surface area (Å²) in [4.78, 5) is 14.4. The van der Waals surface area contributed by atoms with Gasteiger partial charge in [0.1, 0.15) is 12.4 Å². The van der Waals surface area contributed by atoms with Crippen LogP contribution in [0.25, 0.3) is 0 Å². The second-order valence-corrected chi connectivity index (χ2v) is 4.53. The Morgan fingerprint density at radius 1 is 1.29 bits per heavy atom. The highest BCUT2D eigenvalue weighted by atomic mass is 16.6. The van der Waals surface area contributed by atoms with Crippen LogP contribution >= 0.6 is 0 Å². The van der Waals surface area contributed by atoms with Gasteiger partial charge in [-0.15, -0.1) is 0 Å². The summed E-state index contributed by atoms with van der Waals surface area (Å²) in [6, 6.07) is 12.0. The lowest BCUT2D eigenvalue weighted by Crippen LogP contribution is -2.24. The number of rotatable bonds is 7. The van der Waals surface area contributed by atoms with Gasteiger partial charge in [0, 0.05) is 30.9 Å². The molecule has 0 aliphatic carbocycles. The van der Waals surface area contributed by atoms with E-state index in [1.165, 1.54) is 12.1 Å². The van der Waals surface area contributed by atoms with E-state index < -0.39 is 4.92 Å². The molecule has 1 N–H and O–H groups in total. The molecule has 0 saturated carbocycles. The molecular weight excluding hydrogens is 270 g/mol. The summed E-state index contributed by atoms with van der Waals surface area (Å²) in [5, 5.41) is 13.8. The third kappa shape index (κ3) is 4.54. The number of pyridine rings is 1. The van der Waals surface area contributed by atoms with E-state index in [0.29, 0.717) is 18.9 Å². The summed E-state index contributed by atoms with van der Waals surface area (Å²) in [6.07, 6.45) is 1.76. The van der Waals surface area contributed by atoms with E-state index in [4.69, 9.17) is 4.74 Å². The van der Waals surface area contributed by atoms with E-state index in [-0.39, 0.29) is 11.7 Å². The summed E-state index contributed by atoms with van der Waals surface area (Å²) >= 11 is 0. The van der Waals surface area contributed by atoms with Crippen molar-refractivity contribution in [1.82, 2.24) is 10.3 Å². The van der Waals surface area contributed by atoms with Crippen molar-refractivity contribution < 1.29 is 9.66 Å². The zero-order chi connectivity index (χ0) is 15.1. The second-order valence-electron chi connectivity index (χ2n) is 4.53. The predicted octanol–water partition coefficient (Wildman–Crippen LogP) is 2.72. The molecule has 0 aliphatic heterocycles. The molecule has 2 aromatic rings. The van der Waals surface area contributed by atoms with Crippen molar-refractivity contribution in [3.8, 4) is 5.75 Å². The number of non-ortho nitro benzene ring substituents is 1. The van der Waals surface area contributed by atoms with Crippen molar-refractivity contribution in [2.75, 3.05) is 13.2 Å². The molecule has 1 aromatic heterocycles. The van der Waals surface area contributed by atoms with Gasteiger partial charge >= 0.3 is 0 Å². The number of benzene rings is 1. The number of ether oxygens (including phenoxy) is 1. The lowest BCUT2D eigenvalue weighted by molar-refractivity contribution is -0.384. The molecular formula is C15H17N3O3. The molecule has 0 radical (unpaired) electrons. The number of aromatic nitrogens is 1. The van der Waals surface area contributed by atoms with Crippen molar-refractivity contribution in [3.05, 3.63) is 64.5 Å². The Bertz CT molecular complexity index is 572. The largest absolute Gasteiger partial charge is 0.492 e. The van der Waals surface area contributed by atoms with E-state index in [9.17, 15) is 10.1 Å². The maximum Gasteiger partial charge on any atom is 0.269 e. The van der Waals surface area contributed by atoms with E-state index in [2.05, 4.69) is 10.3 Å². The highest BCUT2D eigenvalue weighted by Gasteiger charge is 2.06. The molecule has 0 unspecified atom stereocenters. The van der Waals surface area contributed by atoms with E-state index in [1.807, 2.05) is 25.1 Å². The van der Waals surface area contributed by atoms with Crippen LogP contribution in [-0.4, -0.2) is 23.1 Å². The Morgan fingerprint density at radius 2 is 2.05 bits per heavy atom. The topological polar surface area (TPSA) is 77.3 Å². The molecule has 6 heteroatoms. The summed E-state index contributed by atoms with van der Waals surface area (Å²) < 4.78 is 5.52. The molecule has 6 nitrogen and oxygen atoms in total. The van der Waals surface area contributed by atoms with E-state index >= 15 is 0 Å². The Hall–Kier alpha value is -2.47. The number of nitrogens with one attached hydrogen (secondary N) is 1. The fourth-order valence-corrected chi connectivity index (χ4v) is 1.85. The lowest BCUT2D eigenvalue weighted by atomic mass is 10.2. The van der Waals surface area contributed by atoms with Crippen LogP contribution in [0.5, 0.6) is 5.75 Å². The first-order valence-corrected chi connectivity index (χ1v) is 6.68. The first kappa shape index (κ1) is 14.9. The van der Waals surface area contributed by atoms with Crippen LogP contribution in [-0.2, 0) is 0 Å². The van der Waals surface area contributed by atoms with Gasteiger partial charge in [-0.2, -0.15) is 0 Å². The Morgan fingerprint density at radius 3 is 2.67 bits per heavy atom. The molecule has 1 aromatic carbocycles. The maximum atomic E-state index is 10.5. The average molecular weight is 287 g/mol. The number of hydrogen-bond acceptors (Lipinski definition) is 5. The van der Waals surface area contributed by atoms with Gasteiger partial charge in [0.25, 0.3) is 5.69 Å². The predicted molar refractivity (Wildman–Crippen MR) is 79.2 cm³/mol. The molecule has 2 rings (SSSR count). The summed E-state index contributed by atoms with van der Waals surface area (Å²) in [5.74, 6) is 0.618. The van der Waals surface area contributed by atoms with Crippen molar-refractivity contribution in [3.63, 3.8) is 0 Å². The molecule has 0 bridgehead atoms. The van der Waals surface area contributed by atoms with Crippen molar-refractivity contribution >= 4 is 5.69 Å². The average Bonchev–Trinajstić information content (AvgIpc) is 2.52. The third-order valence-electron chi connectivity index (χ3n) is 3.00. The monoisotopic (exact) mass is 287 g/mol. The molecule has 0 fully saturated rings. The number of hydrogen-bond donors (Lipinski definition) is 1. The van der Waals surface area contributed by atoms with Crippen molar-refractivity contribution in [2.24, 2.45) is 0 Å². The molecule has 0 saturated heterocycles. The Kier molecular flexibility index (Phi) is 5.22. The second kappa shape index (κ2) is 7.35. The minimum absolute atomic E-state index is 0.0595. The first-order valence-electron chi connectivity index (χ1n) is 6.68. The lowest BCUT2D eigenvalue weighted by Gasteiger charge is -2.13. The molecule has 0 aliphatic rings. The van der Waals surface area contributed by atoms with Gasteiger partial charge in [0.15, 0.2) is 0 Å². The normalized spacial score (nSPS) is 11.9. The summed E-state index contributed by atoms with van der Waals surface area (Å²) in [5.41, 5.74) is 1.04. The van der Waals surface area contributed by atoms with Gasteiger partial charge in [-0.25, -0.2) is 0 Å². The Labute approximate surface area is 122 Å². The minimum Gasteiger partial charge on any atom is -0.492 e. The SMILES string of the molecule is C[C@H](NCCOc1ccc([N+](=O)[O-])cc1)c1ccccn1. The van der Waals surface area contributed by atoms with E-state index in [0.717, 1.165) is 5.69 Å². The summed E-state index contributed by atoms with van der Waals surface area (Å²) in [6.45, 7) is 3.18. The van der Waals surface area contributed by atoms with E-state index in [1.54, 1.807) is 18.3 Å². The third-order valence-corrected chi connectivity index (χ3v) is 3.00. The molecule has 110 valence electrons. The molecule has 21 heavy (non-hydrogen) atoms. The standard InChI is InChI=1S/C15H17N3O3/c1-12(15-4-2-3-9-17-15)16-10-11-21-14-7-5-13(6-8-14)18(19)20/h2-9,12,16H,10-11H2,1H3/t12-/m0/s1. The van der Waals surface area contributed by atoms with Gasteiger partial charge in [-0.1, -0.05) is 6.07 Å². The van der Waals surface area contributed by atoms with Crippen molar-refractivity contribution in [1.29, 1.82) is 0 Å². The summed E-state index contributed by atoms with van der Waals surface area (Å²) in [7, 11) is 0. The van der Waals surface area contributed by atoms with Gasteiger partial charge in [0.05, 0.1) is 10.6 Å². The Balaban J connectivity index is 1.73. The minimum atomic E-state index is -0.431. The zero-order valence-corrected chi connectivity index (χ0v) is 11.7. The van der Waals surface area contributed by atoms with Gasteiger partial charge in [-0.05, 0) is 31.2 Å². The fraction of sp³-hybridized carbons (Fsp3) is 0.267. The van der Waals surface area contributed by atoms with Gasteiger partial charge in [-0.3, -0.25) is 15.1 Å². The number of nitro benzene ring substituents is 1. The molecule has 1 atom stereocenters. The molecule has 0 amide bonds. The zero-order valence-electron chi connectivity index (χ0n) is 11.7. The van der Waals surface area contributed by atoms with Crippen LogP contribution in [0, 0.1) is 10.1 Å². The highest BCUT2D eigenvalue weighted by molar-refractivity contribution is 5.35. The van der Waals surface area contributed by atoms with Crippen LogP contribution in [0.3, 0.4) is 0 Å². The van der Waals surface area contributed by atoms with Crippen LogP contribution in [0.15, 0.2) is 48.7 Å². The molecule has 1 heterocycles. The smallest absolute Gasteiger partial charge is 0.269 e. The van der Waals surface area contributed by atoms with Crippen molar-refractivity contribution in [2.45, 2.75) is 13.0 Å². The number of nitro groups is 1. The first-order chi connectivity index (χ1) is 10.2. The van der Waals surface area contributed by atoms with Gasteiger partial charge in [0.2, 0.25) is 0 Å². The quantitative estimate of drug-likeness (QED) is 0.481. The van der Waals surface area contributed by atoms with Crippen LogP contribution in [0.1, 0.15) is 18.7 Å². The maximum absolute atomic E-state index is 10.5. The highest BCUT2D eigenvalue weighted by Crippen LogP contribution is 2.17. The number of nitrogens with zero attached hydrogens (tertiary/aromatic N) is 2. The van der Waals surface area contributed by atoms with Gasteiger partial charge < -0.3 is 10.1 Å². The van der Waals surface area contributed by atoms with Crippen LogP contribution in [0.2, 0.25) is 0 Å². The fourth-order valence-electron chi connectivity index (χ4n) is 1.85. The van der Waals surface area contributed by atoms with Crippen LogP contribution in [0.4, 0.5) is 5.69 Å². The van der Waals surface area contributed by atoms with Crippen LogP contribution < -0.4 is 10.1 Å². The molecule has 0 spiro atoms.